The van der Waals surface area contributed by atoms with Crippen LogP contribution in [0.2, 0.25) is 0 Å². The minimum absolute atomic E-state index is 0.158. The van der Waals surface area contributed by atoms with Gasteiger partial charge in [-0.1, -0.05) is 48.5 Å². The highest BCUT2D eigenvalue weighted by Gasteiger charge is 2.37. The fraction of sp³-hybridized carbons (Fsp3) is 0.0526. The molecule has 0 aliphatic heterocycles. The van der Waals surface area contributed by atoms with Gasteiger partial charge in [0.15, 0.2) is 0 Å². The molecule has 1 aromatic heterocycles. The molecule has 4 rings (SSSR count). The molecule has 0 N–H and O–H groups in total. The molecule has 0 radical (unpaired) electrons. The number of nitrogens with zero attached hydrogens (tertiary/aromatic N) is 1. The zero-order valence-electron chi connectivity index (χ0n) is 13.1. The molecule has 0 aliphatic rings. The summed E-state index contributed by atoms with van der Waals surface area (Å²) in [5, 5.41) is 13.1. The van der Waals surface area contributed by atoms with Gasteiger partial charge < -0.3 is 4.42 Å². The van der Waals surface area contributed by atoms with Gasteiger partial charge in [0, 0.05) is 10.9 Å². The van der Waals surface area contributed by atoms with Crippen LogP contribution in [0.25, 0.3) is 32.9 Å². The molecule has 0 atom stereocenters. The lowest BCUT2D eigenvalue weighted by Gasteiger charge is -2.11. The fourth-order valence-electron chi connectivity index (χ4n) is 3.18. The van der Waals surface area contributed by atoms with E-state index < -0.39 is 22.5 Å². The first-order valence-electron chi connectivity index (χ1n) is 7.63. The number of halogens is 3. The number of benzene rings is 3. The normalized spacial score (nSPS) is 12.0. The van der Waals surface area contributed by atoms with Gasteiger partial charge in [-0.3, -0.25) is 10.1 Å². The molecule has 0 saturated carbocycles. The number of nitro groups is 1. The molecule has 0 aliphatic carbocycles. The van der Waals surface area contributed by atoms with E-state index in [2.05, 4.69) is 0 Å². The summed E-state index contributed by atoms with van der Waals surface area (Å²) in [7, 11) is 0. The molecule has 0 unspecified atom stereocenters. The van der Waals surface area contributed by atoms with Crippen LogP contribution < -0.4 is 0 Å². The third-order valence-electron chi connectivity index (χ3n) is 4.23. The summed E-state index contributed by atoms with van der Waals surface area (Å²) < 4.78 is 45.8. The Morgan fingerprint density at radius 3 is 2.35 bits per heavy atom. The second kappa shape index (κ2) is 5.59. The Balaban J connectivity index is 2.21. The Labute approximate surface area is 144 Å². The summed E-state index contributed by atoms with van der Waals surface area (Å²) in [4.78, 5) is 10.7. The van der Waals surface area contributed by atoms with Crippen molar-refractivity contribution in [1.29, 1.82) is 0 Å². The van der Waals surface area contributed by atoms with Crippen molar-refractivity contribution < 1.29 is 22.5 Å². The van der Waals surface area contributed by atoms with Crippen LogP contribution in [0.1, 0.15) is 5.56 Å². The molecule has 0 fully saturated rings. The van der Waals surface area contributed by atoms with Gasteiger partial charge in [0.05, 0.1) is 5.56 Å². The number of rotatable bonds is 2. The van der Waals surface area contributed by atoms with Gasteiger partial charge in [0.1, 0.15) is 16.1 Å². The zero-order valence-corrected chi connectivity index (χ0v) is 13.1. The SMILES string of the molecule is O=[N+]([O-])c1oc2ccc3ccccc3c2c1-c1ccccc1C(F)(F)F. The van der Waals surface area contributed by atoms with Crippen molar-refractivity contribution in [2.75, 3.05) is 0 Å². The van der Waals surface area contributed by atoms with E-state index in [0.29, 0.717) is 10.8 Å². The molecule has 0 spiro atoms. The summed E-state index contributed by atoms with van der Waals surface area (Å²) in [6, 6.07) is 15.0. The van der Waals surface area contributed by atoms with Gasteiger partial charge in [0.2, 0.25) is 0 Å². The maximum absolute atomic E-state index is 13.5. The van der Waals surface area contributed by atoms with E-state index in [4.69, 9.17) is 4.42 Å². The molecule has 3 aromatic carbocycles. The lowest BCUT2D eigenvalue weighted by molar-refractivity contribution is -0.400. The molecule has 4 nitrogen and oxygen atoms in total. The number of hydrogen-bond acceptors (Lipinski definition) is 3. The van der Waals surface area contributed by atoms with Crippen LogP contribution in [0.15, 0.2) is 65.1 Å². The van der Waals surface area contributed by atoms with Crippen molar-refractivity contribution in [3.63, 3.8) is 0 Å². The van der Waals surface area contributed by atoms with Crippen molar-refractivity contribution in [1.82, 2.24) is 0 Å². The van der Waals surface area contributed by atoms with Crippen molar-refractivity contribution in [2.24, 2.45) is 0 Å². The van der Waals surface area contributed by atoms with Crippen molar-refractivity contribution >= 4 is 27.6 Å². The second-order valence-corrected chi connectivity index (χ2v) is 5.74. The van der Waals surface area contributed by atoms with Gasteiger partial charge in [-0.05, 0) is 22.9 Å². The zero-order chi connectivity index (χ0) is 18.5. The van der Waals surface area contributed by atoms with Gasteiger partial charge in [-0.2, -0.15) is 13.2 Å². The van der Waals surface area contributed by atoms with Crippen LogP contribution in [0, 0.1) is 10.1 Å². The molecular weight excluding hydrogens is 347 g/mol. The first kappa shape index (κ1) is 16.1. The van der Waals surface area contributed by atoms with Gasteiger partial charge in [0.25, 0.3) is 0 Å². The standard InChI is InChI=1S/C19H10F3NO3/c20-19(21,22)14-8-4-3-7-13(14)17-16-12-6-2-1-5-11(12)9-10-15(16)26-18(17)23(24)25/h1-10H. The van der Waals surface area contributed by atoms with E-state index in [-0.39, 0.29) is 16.7 Å². The number of furan rings is 1. The Hall–Kier alpha value is -3.35. The number of alkyl halides is 3. The first-order valence-corrected chi connectivity index (χ1v) is 7.63. The quantitative estimate of drug-likeness (QED) is 0.318. The van der Waals surface area contributed by atoms with Crippen molar-refractivity contribution in [3.05, 3.63) is 76.3 Å². The highest BCUT2D eigenvalue weighted by Crippen LogP contribution is 2.47. The predicted molar refractivity (Wildman–Crippen MR) is 90.8 cm³/mol. The van der Waals surface area contributed by atoms with E-state index in [0.717, 1.165) is 11.5 Å². The largest absolute Gasteiger partial charge is 0.442 e. The van der Waals surface area contributed by atoms with Crippen LogP contribution >= 0.6 is 0 Å². The topological polar surface area (TPSA) is 56.3 Å². The molecular formula is C19H10F3NO3. The molecule has 130 valence electrons. The number of fused-ring (bicyclic) bond motifs is 3. The van der Waals surface area contributed by atoms with Gasteiger partial charge in [-0.25, -0.2) is 0 Å². The molecule has 0 amide bonds. The van der Waals surface area contributed by atoms with Crippen LogP contribution in [-0.2, 0) is 6.18 Å². The maximum atomic E-state index is 13.5. The van der Waals surface area contributed by atoms with E-state index in [1.165, 1.54) is 24.3 Å². The molecule has 26 heavy (non-hydrogen) atoms. The smallest absolute Gasteiger partial charge is 0.400 e. The molecule has 0 saturated heterocycles. The minimum atomic E-state index is -4.65. The summed E-state index contributed by atoms with van der Waals surface area (Å²) in [5.41, 5.74) is -1.21. The lowest BCUT2D eigenvalue weighted by Crippen LogP contribution is -2.07. The van der Waals surface area contributed by atoms with Crippen LogP contribution in [0.4, 0.5) is 19.1 Å². The first-order chi connectivity index (χ1) is 12.4. The summed E-state index contributed by atoms with van der Waals surface area (Å²) >= 11 is 0. The Morgan fingerprint density at radius 1 is 0.923 bits per heavy atom. The second-order valence-electron chi connectivity index (χ2n) is 5.74. The van der Waals surface area contributed by atoms with Crippen LogP contribution in [-0.4, -0.2) is 4.92 Å². The average Bonchev–Trinajstić information content (AvgIpc) is 3.01. The Bertz CT molecular complexity index is 1160. The highest BCUT2D eigenvalue weighted by atomic mass is 19.4. The van der Waals surface area contributed by atoms with E-state index in [1.807, 2.05) is 0 Å². The van der Waals surface area contributed by atoms with Gasteiger partial charge >= 0.3 is 12.1 Å². The Morgan fingerprint density at radius 2 is 1.62 bits per heavy atom. The van der Waals surface area contributed by atoms with Crippen LogP contribution in [0.3, 0.4) is 0 Å². The highest BCUT2D eigenvalue weighted by molar-refractivity contribution is 6.15. The van der Waals surface area contributed by atoms with E-state index >= 15 is 0 Å². The van der Waals surface area contributed by atoms with Crippen molar-refractivity contribution in [3.8, 4) is 11.1 Å². The third-order valence-corrected chi connectivity index (χ3v) is 4.23. The summed E-state index contributed by atoms with van der Waals surface area (Å²) in [5.74, 6) is -0.701. The predicted octanol–water partition coefficient (Wildman–Crippen LogP) is 6.18. The molecule has 0 bridgehead atoms. The van der Waals surface area contributed by atoms with Gasteiger partial charge in [-0.15, -0.1) is 0 Å². The van der Waals surface area contributed by atoms with Crippen molar-refractivity contribution in [2.45, 2.75) is 6.18 Å². The number of hydrogen-bond donors (Lipinski definition) is 0. The summed E-state index contributed by atoms with van der Waals surface area (Å²) in [6.07, 6.45) is -4.65. The average molecular weight is 357 g/mol. The maximum Gasteiger partial charge on any atom is 0.442 e. The molecule has 1 heterocycles. The minimum Gasteiger partial charge on any atom is -0.400 e. The summed E-state index contributed by atoms with van der Waals surface area (Å²) in [6.45, 7) is 0. The third kappa shape index (κ3) is 2.40. The molecule has 4 aromatic rings. The monoisotopic (exact) mass is 357 g/mol. The van der Waals surface area contributed by atoms with Crippen LogP contribution in [0.5, 0.6) is 0 Å². The van der Waals surface area contributed by atoms with E-state index in [1.54, 1.807) is 30.3 Å². The molecule has 7 heteroatoms. The lowest BCUT2D eigenvalue weighted by atomic mass is 9.95. The fourth-order valence-corrected chi connectivity index (χ4v) is 3.18. The Kier molecular flexibility index (Phi) is 3.47. The van der Waals surface area contributed by atoms with E-state index in [9.17, 15) is 23.3 Å².